The second kappa shape index (κ2) is 13.3. The first-order chi connectivity index (χ1) is 20.3. The third-order valence-corrected chi connectivity index (χ3v) is 8.72. The van der Waals surface area contributed by atoms with E-state index in [9.17, 15) is 19.8 Å². The summed E-state index contributed by atoms with van der Waals surface area (Å²) in [5.41, 5.74) is 9.76. The van der Waals surface area contributed by atoms with Gasteiger partial charge in [-0.2, -0.15) is 0 Å². The molecule has 3 aromatic heterocycles. The number of piperidine rings is 1. The van der Waals surface area contributed by atoms with Crippen LogP contribution in [0.15, 0.2) is 54.9 Å². The number of hydrogen-bond donors (Lipinski definition) is 5. The fraction of sp³-hybridized carbons (Fsp3) is 0.355. The van der Waals surface area contributed by atoms with Gasteiger partial charge in [0.05, 0.1) is 11.8 Å². The van der Waals surface area contributed by atoms with E-state index in [1.54, 1.807) is 36.7 Å². The van der Waals surface area contributed by atoms with Crippen LogP contribution in [0.3, 0.4) is 0 Å². The van der Waals surface area contributed by atoms with Crippen molar-refractivity contribution >= 4 is 44.9 Å². The maximum atomic E-state index is 12.5. The molecule has 1 aliphatic heterocycles. The Morgan fingerprint density at radius 3 is 2.62 bits per heavy atom. The van der Waals surface area contributed by atoms with E-state index in [0.717, 1.165) is 78.0 Å². The van der Waals surface area contributed by atoms with Gasteiger partial charge in [0.2, 0.25) is 0 Å². The molecule has 0 bridgehead atoms. The van der Waals surface area contributed by atoms with Crippen molar-refractivity contribution in [1.82, 2.24) is 20.6 Å². The van der Waals surface area contributed by atoms with E-state index in [1.165, 1.54) is 0 Å². The number of nitrogens with zero attached hydrogens (tertiary/aromatic N) is 3. The molecule has 1 saturated heterocycles. The summed E-state index contributed by atoms with van der Waals surface area (Å²) >= 11 is 1.14. The smallest absolute Gasteiger partial charge is 0.348 e. The van der Waals surface area contributed by atoms with Gasteiger partial charge in [0, 0.05) is 55.6 Å². The molecule has 220 valence electrons. The van der Waals surface area contributed by atoms with Crippen molar-refractivity contribution in [2.24, 2.45) is 0 Å². The molecule has 1 aliphatic rings. The van der Waals surface area contributed by atoms with Gasteiger partial charge < -0.3 is 31.5 Å². The minimum atomic E-state index is -1.02. The van der Waals surface area contributed by atoms with Gasteiger partial charge in [0.15, 0.2) is 0 Å². The number of aliphatic hydroxyl groups is 1. The number of amides is 1. The number of anilines is 2. The number of nitrogens with two attached hydrogens (primary N) is 1. The molecule has 1 unspecified atom stereocenters. The predicted octanol–water partition coefficient (Wildman–Crippen LogP) is 4.15. The minimum Gasteiger partial charge on any atom is -0.477 e. The highest BCUT2D eigenvalue weighted by atomic mass is 32.1. The molecule has 4 aromatic rings. The zero-order valence-electron chi connectivity index (χ0n) is 23.5. The molecule has 1 atom stereocenters. The van der Waals surface area contributed by atoms with E-state index in [-0.39, 0.29) is 16.8 Å². The third kappa shape index (κ3) is 6.70. The molecular formula is C31H36N6O4S. The lowest BCUT2D eigenvalue weighted by molar-refractivity contribution is 0.0703. The highest BCUT2D eigenvalue weighted by Gasteiger charge is 2.24. The Hall–Kier alpha value is -4.06. The number of aromatic carboxylic acids is 1. The number of nitrogens with one attached hydrogen (secondary N) is 2. The van der Waals surface area contributed by atoms with Gasteiger partial charge in [-0.1, -0.05) is 31.5 Å². The van der Waals surface area contributed by atoms with Crippen LogP contribution in [-0.4, -0.2) is 57.7 Å². The maximum absolute atomic E-state index is 12.5. The van der Waals surface area contributed by atoms with Gasteiger partial charge in [-0.05, 0) is 60.2 Å². The van der Waals surface area contributed by atoms with Crippen molar-refractivity contribution in [3.8, 4) is 0 Å². The molecule has 5 rings (SSSR count). The molecule has 6 N–H and O–H groups in total. The van der Waals surface area contributed by atoms with E-state index in [2.05, 4.69) is 33.5 Å². The van der Waals surface area contributed by atoms with Crippen LogP contribution in [-0.2, 0) is 13.0 Å². The number of hydrogen-bond acceptors (Lipinski definition) is 9. The highest BCUT2D eigenvalue weighted by Crippen LogP contribution is 2.37. The fourth-order valence-corrected chi connectivity index (χ4v) is 6.30. The Morgan fingerprint density at radius 1 is 1.19 bits per heavy atom. The van der Waals surface area contributed by atoms with Crippen molar-refractivity contribution < 1.29 is 19.8 Å². The van der Waals surface area contributed by atoms with E-state index >= 15 is 0 Å². The summed E-state index contributed by atoms with van der Waals surface area (Å²) in [6.45, 7) is 4.50. The topological polar surface area (TPSA) is 154 Å². The summed E-state index contributed by atoms with van der Waals surface area (Å²) in [6.07, 6.45) is 6.22. The predicted molar refractivity (Wildman–Crippen MR) is 165 cm³/mol. The number of nitrogen functional groups attached to an aromatic ring is 1. The number of carboxylic acid groups (broad SMARTS) is 1. The number of aliphatic hydroxyl groups excluding tert-OH is 1. The van der Waals surface area contributed by atoms with E-state index in [0.29, 0.717) is 29.2 Å². The molecule has 1 fully saturated rings. The van der Waals surface area contributed by atoms with Crippen molar-refractivity contribution in [2.75, 3.05) is 30.3 Å². The lowest BCUT2D eigenvalue weighted by atomic mass is 10.0. The second-order valence-electron chi connectivity index (χ2n) is 10.6. The first-order valence-corrected chi connectivity index (χ1v) is 15.0. The molecule has 1 aromatic carbocycles. The third-order valence-electron chi connectivity index (χ3n) is 7.63. The summed E-state index contributed by atoms with van der Waals surface area (Å²) in [7, 11) is 0. The largest absolute Gasteiger partial charge is 0.477 e. The number of rotatable bonds is 11. The number of fused-ring (bicyclic) bond motifs is 1. The summed E-state index contributed by atoms with van der Waals surface area (Å²) in [4.78, 5) is 36.0. The molecule has 0 saturated carbocycles. The number of carboxylic acids is 1. The van der Waals surface area contributed by atoms with Crippen LogP contribution in [0.2, 0.25) is 0 Å². The van der Waals surface area contributed by atoms with Gasteiger partial charge in [-0.3, -0.25) is 9.78 Å². The monoisotopic (exact) mass is 588 g/mol. The molecule has 0 spiro atoms. The molecule has 42 heavy (non-hydrogen) atoms. The molecule has 1 amide bonds. The van der Waals surface area contributed by atoms with Crippen molar-refractivity contribution in [3.05, 3.63) is 82.0 Å². The summed E-state index contributed by atoms with van der Waals surface area (Å²) in [5, 5.41) is 27.4. The second-order valence-corrected chi connectivity index (χ2v) is 11.6. The molecule has 0 aliphatic carbocycles. The van der Waals surface area contributed by atoms with Crippen molar-refractivity contribution in [1.29, 1.82) is 0 Å². The van der Waals surface area contributed by atoms with Gasteiger partial charge in [0.25, 0.3) is 5.91 Å². The highest BCUT2D eigenvalue weighted by molar-refractivity contribution is 7.21. The Labute approximate surface area is 248 Å². The maximum Gasteiger partial charge on any atom is 0.348 e. The number of carbonyl (C=O) groups excluding carboxylic acids is 1. The van der Waals surface area contributed by atoms with Crippen LogP contribution >= 0.6 is 11.3 Å². The lowest BCUT2D eigenvalue weighted by Gasteiger charge is -2.34. The number of thiophene rings is 1. The van der Waals surface area contributed by atoms with Crippen LogP contribution < -0.4 is 21.3 Å². The van der Waals surface area contributed by atoms with Crippen LogP contribution in [0.1, 0.15) is 69.0 Å². The Kier molecular flexibility index (Phi) is 9.31. The van der Waals surface area contributed by atoms with E-state index < -0.39 is 12.1 Å². The Bertz CT molecular complexity index is 1530. The van der Waals surface area contributed by atoms with Gasteiger partial charge in [-0.15, -0.1) is 11.3 Å². The fourth-order valence-electron chi connectivity index (χ4n) is 5.32. The number of benzene rings is 1. The van der Waals surface area contributed by atoms with Gasteiger partial charge in [0.1, 0.15) is 15.5 Å². The Balaban J connectivity index is 1.13. The summed E-state index contributed by atoms with van der Waals surface area (Å²) in [6, 6.07) is 13.1. The SMILES string of the molecule is CCCc1cc(N2CCC(NCC(O)c3ccc(C(=O)NCc4cccnc4)cc3)CC2)nc2sc(C(=O)O)c(N)c12. The first kappa shape index (κ1) is 29.4. The Morgan fingerprint density at radius 2 is 1.95 bits per heavy atom. The average molecular weight is 589 g/mol. The van der Waals surface area contributed by atoms with Crippen molar-refractivity contribution in [3.63, 3.8) is 0 Å². The van der Waals surface area contributed by atoms with Gasteiger partial charge in [-0.25, -0.2) is 9.78 Å². The zero-order valence-corrected chi connectivity index (χ0v) is 24.4. The summed E-state index contributed by atoms with van der Waals surface area (Å²) < 4.78 is 0. The van der Waals surface area contributed by atoms with Crippen LogP contribution in [0.5, 0.6) is 0 Å². The number of aryl methyl sites for hydroxylation is 1. The number of aromatic nitrogens is 2. The van der Waals surface area contributed by atoms with Crippen LogP contribution in [0.25, 0.3) is 10.2 Å². The first-order valence-electron chi connectivity index (χ1n) is 14.2. The quantitative estimate of drug-likeness (QED) is 0.174. The average Bonchev–Trinajstić information content (AvgIpc) is 3.36. The van der Waals surface area contributed by atoms with E-state index in [4.69, 9.17) is 10.7 Å². The minimum absolute atomic E-state index is 0.146. The van der Waals surface area contributed by atoms with Crippen LogP contribution in [0.4, 0.5) is 11.5 Å². The summed E-state index contributed by atoms with van der Waals surface area (Å²) in [5.74, 6) is -0.343. The standard InChI is InChI=1S/C31H36N6O4S/c1-2-4-22-15-25(36-30-26(22)27(32)28(42-30)31(40)41)37-13-10-23(11-14-37)34-18-24(38)20-6-8-21(9-7-20)29(39)35-17-19-5-3-12-33-16-19/h3,5-9,12,15-16,23-24,34,38H,2,4,10-11,13-14,17-18,32H2,1H3,(H,35,39)(H,40,41). The lowest BCUT2D eigenvalue weighted by Crippen LogP contribution is -2.44. The van der Waals surface area contributed by atoms with E-state index in [1.807, 2.05) is 12.1 Å². The van der Waals surface area contributed by atoms with Gasteiger partial charge >= 0.3 is 5.97 Å². The molecule has 10 nitrogen and oxygen atoms in total. The van der Waals surface area contributed by atoms with Crippen molar-refractivity contribution in [2.45, 2.75) is 51.3 Å². The molecule has 0 radical (unpaired) electrons. The number of carbonyl (C=O) groups is 2. The zero-order chi connectivity index (χ0) is 29.6. The molecular weight excluding hydrogens is 552 g/mol. The normalized spacial score (nSPS) is 14.7. The molecule has 4 heterocycles. The van der Waals surface area contributed by atoms with Crippen LogP contribution in [0, 0.1) is 0 Å². The number of pyridine rings is 2. The molecule has 11 heteroatoms.